The van der Waals surface area contributed by atoms with E-state index < -0.39 is 29.3 Å². The number of nitrogens with zero attached hydrogens (tertiary/aromatic N) is 4. The fourth-order valence-corrected chi connectivity index (χ4v) is 5.67. The fraction of sp³-hybridized carbons (Fsp3) is 0.542. The number of hydrogen-bond acceptors (Lipinski definition) is 6. The fourth-order valence-electron chi connectivity index (χ4n) is 5.67. The molecule has 3 aliphatic heterocycles. The molecule has 3 aliphatic rings. The molecule has 9 heteroatoms. The number of nitrogens with one attached hydrogen (secondary N) is 1. The lowest BCUT2D eigenvalue weighted by Crippen LogP contribution is -2.72. The predicted molar refractivity (Wildman–Crippen MR) is 122 cm³/mol. The molecule has 1 N–H and O–H groups in total. The van der Waals surface area contributed by atoms with Gasteiger partial charge in [-0.25, -0.2) is 9.78 Å². The number of urea groups is 1. The van der Waals surface area contributed by atoms with Gasteiger partial charge in [0.15, 0.2) is 5.41 Å². The van der Waals surface area contributed by atoms with Crippen LogP contribution in [0, 0.1) is 18.3 Å². The second kappa shape index (κ2) is 7.67. The van der Waals surface area contributed by atoms with Crippen molar-refractivity contribution in [2.24, 2.45) is 11.3 Å². The van der Waals surface area contributed by atoms with Gasteiger partial charge in [0.2, 0.25) is 11.8 Å². The van der Waals surface area contributed by atoms with Crippen LogP contribution in [0.3, 0.4) is 0 Å². The number of imide groups is 2. The van der Waals surface area contributed by atoms with Gasteiger partial charge in [-0.2, -0.15) is 0 Å². The molecule has 174 valence electrons. The topological polar surface area (TPSA) is 104 Å². The van der Waals surface area contributed by atoms with Crippen LogP contribution in [0.1, 0.15) is 50.7 Å². The first-order valence-electron chi connectivity index (χ1n) is 11.7. The number of carbonyl (C=O) groups is 3. The molecule has 1 spiro atoms. The Morgan fingerprint density at radius 1 is 1.18 bits per heavy atom. The SMILES string of the molecule is Cc1cccn2c(=O)c3c(nc12)N1CCCCC[C@H]1[C@@]1(C3)C(=O)NC(=O)N(CC(C)C)C1=O. The molecule has 0 aromatic carbocycles. The number of amides is 4. The summed E-state index contributed by atoms with van der Waals surface area (Å²) in [5.41, 5.74) is 0.0201. The molecule has 2 aromatic rings. The third kappa shape index (κ3) is 3.08. The monoisotopic (exact) mass is 451 g/mol. The van der Waals surface area contributed by atoms with E-state index in [2.05, 4.69) is 5.32 Å². The average molecular weight is 452 g/mol. The summed E-state index contributed by atoms with van der Waals surface area (Å²) < 4.78 is 1.49. The van der Waals surface area contributed by atoms with Crippen molar-refractivity contribution in [3.63, 3.8) is 0 Å². The number of anilines is 1. The molecule has 9 nitrogen and oxygen atoms in total. The second-order valence-electron chi connectivity index (χ2n) is 9.88. The Kier molecular flexibility index (Phi) is 5.02. The third-order valence-corrected chi connectivity index (χ3v) is 7.22. The number of hydrogen-bond donors (Lipinski definition) is 1. The van der Waals surface area contributed by atoms with Crippen LogP contribution in [-0.2, 0) is 16.0 Å². The minimum Gasteiger partial charge on any atom is -0.352 e. The Labute approximate surface area is 191 Å². The highest BCUT2D eigenvalue weighted by Crippen LogP contribution is 2.45. The van der Waals surface area contributed by atoms with Crippen molar-refractivity contribution in [3.05, 3.63) is 39.8 Å². The van der Waals surface area contributed by atoms with Crippen LogP contribution in [0.2, 0.25) is 0 Å². The molecule has 33 heavy (non-hydrogen) atoms. The van der Waals surface area contributed by atoms with Crippen molar-refractivity contribution in [1.29, 1.82) is 0 Å². The maximum atomic E-state index is 14.0. The van der Waals surface area contributed by atoms with E-state index in [0.29, 0.717) is 30.0 Å². The Bertz CT molecular complexity index is 1240. The largest absolute Gasteiger partial charge is 0.352 e. The van der Waals surface area contributed by atoms with Crippen LogP contribution < -0.4 is 15.8 Å². The molecule has 2 saturated heterocycles. The van der Waals surface area contributed by atoms with Crippen LogP contribution >= 0.6 is 0 Å². The Hall–Kier alpha value is -3.23. The second-order valence-corrected chi connectivity index (χ2v) is 9.88. The number of barbiturate groups is 1. The number of aryl methyl sites for hydroxylation is 1. The normalized spacial score (nSPS) is 25.3. The number of pyridine rings is 1. The summed E-state index contributed by atoms with van der Waals surface area (Å²) in [5.74, 6) is -0.486. The summed E-state index contributed by atoms with van der Waals surface area (Å²) in [5, 5.41) is 2.45. The quantitative estimate of drug-likeness (QED) is 0.701. The Balaban J connectivity index is 1.75. The minimum absolute atomic E-state index is 0.0466. The van der Waals surface area contributed by atoms with Gasteiger partial charge in [-0.3, -0.25) is 29.0 Å². The van der Waals surface area contributed by atoms with E-state index in [4.69, 9.17) is 4.98 Å². The first-order valence-corrected chi connectivity index (χ1v) is 11.7. The summed E-state index contributed by atoms with van der Waals surface area (Å²) in [6.45, 7) is 6.57. The van der Waals surface area contributed by atoms with E-state index in [1.54, 1.807) is 12.3 Å². The summed E-state index contributed by atoms with van der Waals surface area (Å²) in [6, 6.07) is 2.55. The highest BCUT2D eigenvalue weighted by atomic mass is 16.2. The summed E-state index contributed by atoms with van der Waals surface area (Å²) in [4.78, 5) is 61.7. The van der Waals surface area contributed by atoms with Gasteiger partial charge in [-0.15, -0.1) is 0 Å². The molecule has 4 amide bonds. The third-order valence-electron chi connectivity index (χ3n) is 7.22. The molecule has 2 atom stereocenters. The van der Waals surface area contributed by atoms with Crippen LogP contribution in [0.4, 0.5) is 10.6 Å². The van der Waals surface area contributed by atoms with E-state index in [1.165, 1.54) is 4.40 Å². The lowest BCUT2D eigenvalue weighted by Gasteiger charge is -2.50. The molecule has 0 radical (unpaired) electrons. The van der Waals surface area contributed by atoms with Crippen molar-refractivity contribution in [1.82, 2.24) is 19.6 Å². The smallest absolute Gasteiger partial charge is 0.330 e. The molecule has 0 aliphatic carbocycles. The number of carbonyl (C=O) groups excluding carboxylic acids is 3. The molecule has 0 unspecified atom stereocenters. The standard InChI is InChI=1S/C24H29N5O4/c1-14(2)13-29-22(32)24(21(31)26-23(29)33)12-16-19(27-10-6-4-5-9-17(24)27)25-18-15(3)8-7-11-28(18)20(16)30/h7-8,11,14,17H,4-6,9-10,12-13H2,1-3H3,(H,26,31,33)/t17-,24-/m0/s1. The lowest BCUT2D eigenvalue weighted by molar-refractivity contribution is -0.154. The van der Waals surface area contributed by atoms with Gasteiger partial charge < -0.3 is 4.90 Å². The summed E-state index contributed by atoms with van der Waals surface area (Å²) in [7, 11) is 0. The molecular weight excluding hydrogens is 422 g/mol. The zero-order chi connectivity index (χ0) is 23.5. The Morgan fingerprint density at radius 2 is 1.97 bits per heavy atom. The van der Waals surface area contributed by atoms with Gasteiger partial charge in [0.1, 0.15) is 11.5 Å². The van der Waals surface area contributed by atoms with Crippen LogP contribution in [0.5, 0.6) is 0 Å². The number of fused-ring (bicyclic) bond motifs is 5. The van der Waals surface area contributed by atoms with Gasteiger partial charge in [0.05, 0.1) is 11.6 Å². The molecular formula is C24H29N5O4. The number of rotatable bonds is 2. The lowest BCUT2D eigenvalue weighted by atomic mass is 9.68. The van der Waals surface area contributed by atoms with Crippen LogP contribution in [0.25, 0.3) is 5.65 Å². The molecule has 2 aromatic heterocycles. The van der Waals surface area contributed by atoms with Gasteiger partial charge in [0.25, 0.3) is 5.56 Å². The highest BCUT2D eigenvalue weighted by molar-refractivity contribution is 6.20. The van der Waals surface area contributed by atoms with Crippen LogP contribution in [-0.4, -0.2) is 51.3 Å². The van der Waals surface area contributed by atoms with Gasteiger partial charge >= 0.3 is 6.03 Å². The molecule has 0 bridgehead atoms. The first kappa shape index (κ1) is 21.6. The zero-order valence-electron chi connectivity index (χ0n) is 19.3. The van der Waals surface area contributed by atoms with Crippen molar-refractivity contribution in [2.45, 2.75) is 58.9 Å². The van der Waals surface area contributed by atoms with E-state index in [9.17, 15) is 19.2 Å². The molecule has 2 fully saturated rings. The van der Waals surface area contributed by atoms with Crippen molar-refractivity contribution < 1.29 is 14.4 Å². The van der Waals surface area contributed by atoms with Gasteiger partial charge in [-0.05, 0) is 37.3 Å². The minimum atomic E-state index is -1.53. The van der Waals surface area contributed by atoms with Crippen molar-refractivity contribution in [2.75, 3.05) is 18.0 Å². The molecule has 5 heterocycles. The predicted octanol–water partition coefficient (Wildman–Crippen LogP) is 2.03. The first-order chi connectivity index (χ1) is 15.8. The van der Waals surface area contributed by atoms with Crippen molar-refractivity contribution >= 4 is 29.3 Å². The van der Waals surface area contributed by atoms with Gasteiger partial charge in [0, 0.05) is 25.7 Å². The number of aromatic nitrogens is 2. The van der Waals surface area contributed by atoms with E-state index >= 15 is 0 Å². The van der Waals surface area contributed by atoms with Gasteiger partial charge in [-0.1, -0.05) is 32.8 Å². The zero-order valence-corrected chi connectivity index (χ0v) is 19.3. The summed E-state index contributed by atoms with van der Waals surface area (Å²) in [6.07, 6.45) is 4.94. The van der Waals surface area contributed by atoms with E-state index in [0.717, 1.165) is 29.7 Å². The molecule has 5 rings (SSSR count). The van der Waals surface area contributed by atoms with Crippen LogP contribution in [0.15, 0.2) is 23.1 Å². The molecule has 0 saturated carbocycles. The Morgan fingerprint density at radius 3 is 2.73 bits per heavy atom. The van der Waals surface area contributed by atoms with E-state index in [-0.39, 0.29) is 24.4 Å². The highest BCUT2D eigenvalue weighted by Gasteiger charge is 2.62. The maximum absolute atomic E-state index is 14.0. The summed E-state index contributed by atoms with van der Waals surface area (Å²) >= 11 is 0. The van der Waals surface area contributed by atoms with E-state index in [1.807, 2.05) is 31.7 Å². The maximum Gasteiger partial charge on any atom is 0.330 e. The average Bonchev–Trinajstić information content (AvgIpc) is 3.03. The van der Waals surface area contributed by atoms with Crippen molar-refractivity contribution in [3.8, 4) is 0 Å².